The van der Waals surface area contributed by atoms with Gasteiger partial charge in [0.25, 0.3) is 5.91 Å². The number of nitrogens with zero attached hydrogens (tertiary/aromatic N) is 2. The van der Waals surface area contributed by atoms with Gasteiger partial charge in [-0.3, -0.25) is 14.5 Å². The lowest BCUT2D eigenvalue weighted by molar-refractivity contribution is -0.139. The van der Waals surface area contributed by atoms with Crippen molar-refractivity contribution in [3.05, 3.63) is 59.4 Å². The number of benzene rings is 2. The monoisotopic (exact) mass is 419 g/mol. The average Bonchev–Trinajstić information content (AvgIpc) is 2.71. The lowest BCUT2D eigenvalue weighted by Crippen LogP contribution is -2.53. The molecule has 1 heterocycles. The lowest BCUT2D eigenvalue weighted by atomic mass is 10.2. The second-order valence-electron chi connectivity index (χ2n) is 6.84. The predicted molar refractivity (Wildman–Crippen MR) is 110 cm³/mol. The van der Waals surface area contributed by atoms with E-state index in [9.17, 15) is 14.0 Å². The second-order valence-corrected chi connectivity index (χ2v) is 7.25. The van der Waals surface area contributed by atoms with Crippen LogP contribution >= 0.6 is 11.6 Å². The van der Waals surface area contributed by atoms with Crippen molar-refractivity contribution in [2.24, 2.45) is 0 Å². The molecule has 0 aliphatic carbocycles. The molecule has 2 amide bonds. The van der Waals surface area contributed by atoms with Gasteiger partial charge in [0.2, 0.25) is 5.91 Å². The van der Waals surface area contributed by atoms with Crippen LogP contribution < -0.4 is 10.1 Å². The summed E-state index contributed by atoms with van der Waals surface area (Å²) in [5.74, 6) is -0.187. The van der Waals surface area contributed by atoms with Crippen molar-refractivity contribution >= 4 is 29.1 Å². The van der Waals surface area contributed by atoms with E-state index in [1.807, 2.05) is 4.90 Å². The van der Waals surface area contributed by atoms with Gasteiger partial charge in [0.15, 0.2) is 6.10 Å². The van der Waals surface area contributed by atoms with Crippen LogP contribution in [0.5, 0.6) is 5.75 Å². The standard InChI is InChI=1S/C21H23ClFN3O3/c1-15(29-17-8-6-16(23)7-9-17)21(28)26-12-10-25(11-13-26)14-20(27)24-19-5-3-2-4-18(19)22/h2-9,15H,10-14H2,1H3,(H,24,27). The SMILES string of the molecule is CC(Oc1ccc(F)cc1)C(=O)N1CCN(CC(=O)Nc2ccccc2Cl)CC1. The van der Waals surface area contributed by atoms with E-state index in [0.717, 1.165) is 0 Å². The summed E-state index contributed by atoms with van der Waals surface area (Å²) in [5.41, 5.74) is 0.583. The second kappa shape index (κ2) is 9.71. The van der Waals surface area contributed by atoms with Crippen LogP contribution in [0.25, 0.3) is 0 Å². The largest absolute Gasteiger partial charge is 0.481 e. The minimum atomic E-state index is -0.671. The number of para-hydroxylation sites is 1. The van der Waals surface area contributed by atoms with Crippen LogP contribution in [-0.2, 0) is 9.59 Å². The van der Waals surface area contributed by atoms with Gasteiger partial charge in [0.1, 0.15) is 11.6 Å². The number of hydrogen-bond acceptors (Lipinski definition) is 4. The summed E-state index contributed by atoms with van der Waals surface area (Å²) >= 11 is 6.06. The molecule has 2 aromatic rings. The fraction of sp³-hybridized carbons (Fsp3) is 0.333. The van der Waals surface area contributed by atoms with E-state index < -0.39 is 6.10 Å². The zero-order valence-corrected chi connectivity index (χ0v) is 16.9. The van der Waals surface area contributed by atoms with Crippen LogP contribution in [0.2, 0.25) is 5.02 Å². The Hall–Kier alpha value is -2.64. The van der Waals surface area contributed by atoms with Crippen LogP contribution in [0.1, 0.15) is 6.92 Å². The highest BCUT2D eigenvalue weighted by atomic mass is 35.5. The van der Waals surface area contributed by atoms with Crippen LogP contribution in [-0.4, -0.2) is 60.4 Å². The fourth-order valence-corrected chi connectivity index (χ4v) is 3.29. The Morgan fingerprint density at radius 3 is 2.41 bits per heavy atom. The van der Waals surface area contributed by atoms with Crippen LogP contribution in [0.3, 0.4) is 0 Å². The number of ether oxygens (including phenoxy) is 1. The Morgan fingerprint density at radius 2 is 1.76 bits per heavy atom. The molecule has 1 unspecified atom stereocenters. The molecule has 1 atom stereocenters. The third-order valence-electron chi connectivity index (χ3n) is 4.67. The first-order chi connectivity index (χ1) is 13.9. The molecular weight excluding hydrogens is 397 g/mol. The molecule has 1 aliphatic rings. The van der Waals surface area contributed by atoms with Gasteiger partial charge in [0, 0.05) is 26.2 Å². The van der Waals surface area contributed by atoms with E-state index in [-0.39, 0.29) is 24.2 Å². The first-order valence-electron chi connectivity index (χ1n) is 9.40. The maximum Gasteiger partial charge on any atom is 0.263 e. The van der Waals surface area contributed by atoms with Gasteiger partial charge < -0.3 is 15.0 Å². The molecule has 29 heavy (non-hydrogen) atoms. The Labute approximate surface area is 174 Å². The summed E-state index contributed by atoms with van der Waals surface area (Å²) in [6, 6.07) is 12.6. The minimum Gasteiger partial charge on any atom is -0.481 e. The topological polar surface area (TPSA) is 61.9 Å². The van der Waals surface area contributed by atoms with E-state index in [0.29, 0.717) is 42.6 Å². The zero-order valence-electron chi connectivity index (χ0n) is 16.1. The highest BCUT2D eigenvalue weighted by molar-refractivity contribution is 6.33. The molecule has 1 aliphatic heterocycles. The van der Waals surface area contributed by atoms with E-state index in [4.69, 9.17) is 16.3 Å². The van der Waals surface area contributed by atoms with Gasteiger partial charge in [-0.25, -0.2) is 4.39 Å². The summed E-state index contributed by atoms with van der Waals surface area (Å²) < 4.78 is 18.6. The predicted octanol–water partition coefficient (Wildman–Crippen LogP) is 3.03. The van der Waals surface area contributed by atoms with Crippen molar-refractivity contribution < 1.29 is 18.7 Å². The first kappa shape index (κ1) is 21.1. The smallest absolute Gasteiger partial charge is 0.263 e. The van der Waals surface area contributed by atoms with Crippen molar-refractivity contribution in [2.75, 3.05) is 38.0 Å². The summed E-state index contributed by atoms with van der Waals surface area (Å²) in [6.45, 7) is 4.10. The fourth-order valence-electron chi connectivity index (χ4n) is 3.11. The third kappa shape index (κ3) is 5.92. The number of nitrogens with one attached hydrogen (secondary N) is 1. The highest BCUT2D eigenvalue weighted by Crippen LogP contribution is 2.20. The normalized spacial score (nSPS) is 15.6. The van der Waals surface area contributed by atoms with Gasteiger partial charge >= 0.3 is 0 Å². The third-order valence-corrected chi connectivity index (χ3v) is 5.00. The molecule has 3 rings (SSSR count). The molecule has 0 bridgehead atoms. The summed E-state index contributed by atoms with van der Waals surface area (Å²) in [7, 11) is 0. The number of carbonyl (C=O) groups excluding carboxylic acids is 2. The minimum absolute atomic E-state index is 0.130. The van der Waals surface area contributed by atoms with Crippen LogP contribution in [0.15, 0.2) is 48.5 Å². The molecule has 1 saturated heterocycles. The van der Waals surface area contributed by atoms with E-state index in [1.165, 1.54) is 24.3 Å². The number of hydrogen-bond donors (Lipinski definition) is 1. The summed E-state index contributed by atoms with van der Waals surface area (Å²) in [5, 5.41) is 3.29. The van der Waals surface area contributed by atoms with Crippen molar-refractivity contribution in [3.63, 3.8) is 0 Å². The molecule has 1 fully saturated rings. The Morgan fingerprint density at radius 1 is 1.10 bits per heavy atom. The van der Waals surface area contributed by atoms with Gasteiger partial charge in [-0.05, 0) is 43.3 Å². The number of rotatable bonds is 6. The highest BCUT2D eigenvalue weighted by Gasteiger charge is 2.26. The van der Waals surface area contributed by atoms with E-state index in [2.05, 4.69) is 5.32 Å². The molecule has 2 aromatic carbocycles. The first-order valence-corrected chi connectivity index (χ1v) is 9.78. The van der Waals surface area contributed by atoms with Gasteiger partial charge in [-0.15, -0.1) is 0 Å². The number of carbonyl (C=O) groups is 2. The van der Waals surface area contributed by atoms with Crippen molar-refractivity contribution in [1.29, 1.82) is 0 Å². The Bertz CT molecular complexity index is 855. The Balaban J connectivity index is 1.44. The zero-order chi connectivity index (χ0) is 20.8. The molecule has 6 nitrogen and oxygen atoms in total. The molecule has 0 saturated carbocycles. The molecular formula is C21H23ClFN3O3. The van der Waals surface area contributed by atoms with Crippen molar-refractivity contribution in [3.8, 4) is 5.75 Å². The molecule has 154 valence electrons. The van der Waals surface area contributed by atoms with Crippen LogP contribution in [0.4, 0.5) is 10.1 Å². The lowest BCUT2D eigenvalue weighted by Gasteiger charge is -2.35. The molecule has 0 radical (unpaired) electrons. The van der Waals surface area contributed by atoms with E-state index >= 15 is 0 Å². The maximum absolute atomic E-state index is 13.0. The van der Waals surface area contributed by atoms with E-state index in [1.54, 1.807) is 36.1 Å². The Kier molecular flexibility index (Phi) is 7.06. The molecule has 1 N–H and O–H groups in total. The van der Waals surface area contributed by atoms with Gasteiger partial charge in [-0.2, -0.15) is 0 Å². The molecule has 0 spiro atoms. The molecule has 8 heteroatoms. The number of amides is 2. The van der Waals surface area contributed by atoms with Crippen molar-refractivity contribution in [1.82, 2.24) is 9.80 Å². The number of anilines is 1. The van der Waals surface area contributed by atoms with Crippen molar-refractivity contribution in [2.45, 2.75) is 13.0 Å². The average molecular weight is 420 g/mol. The number of halogens is 2. The summed E-state index contributed by atoms with van der Waals surface area (Å²) in [6.07, 6.45) is -0.671. The summed E-state index contributed by atoms with van der Waals surface area (Å²) in [4.78, 5) is 28.5. The van der Waals surface area contributed by atoms with Gasteiger partial charge in [-0.1, -0.05) is 23.7 Å². The van der Waals surface area contributed by atoms with Gasteiger partial charge in [0.05, 0.1) is 17.3 Å². The maximum atomic E-state index is 13.0. The molecule has 0 aromatic heterocycles. The number of piperazine rings is 1. The van der Waals surface area contributed by atoms with Crippen LogP contribution in [0, 0.1) is 5.82 Å². The quantitative estimate of drug-likeness (QED) is 0.781.